The van der Waals surface area contributed by atoms with E-state index in [0.29, 0.717) is 31.8 Å². The normalized spacial score (nSPS) is 22.2. The van der Waals surface area contributed by atoms with Crippen LogP contribution in [0.5, 0.6) is 0 Å². The molecule has 0 bridgehead atoms. The first kappa shape index (κ1) is 17.5. The van der Waals surface area contributed by atoms with Crippen molar-refractivity contribution in [3.63, 3.8) is 0 Å². The predicted octanol–water partition coefficient (Wildman–Crippen LogP) is 1.21. The van der Waals surface area contributed by atoms with Crippen molar-refractivity contribution in [2.75, 3.05) is 20.1 Å². The summed E-state index contributed by atoms with van der Waals surface area (Å²) < 4.78 is 20.7. The van der Waals surface area contributed by atoms with Gasteiger partial charge in [0.05, 0.1) is 12.2 Å². The van der Waals surface area contributed by atoms with Crippen LogP contribution >= 0.6 is 0 Å². The van der Waals surface area contributed by atoms with Crippen LogP contribution < -0.4 is 0 Å². The smallest absolute Gasteiger partial charge is 0.247 e. The molecular weight excluding hydrogens is 327 g/mol. The van der Waals surface area contributed by atoms with Crippen molar-refractivity contribution in [2.24, 2.45) is 0 Å². The van der Waals surface area contributed by atoms with Gasteiger partial charge in [0.25, 0.3) is 0 Å². The third-order valence-electron chi connectivity index (χ3n) is 4.56. The van der Waals surface area contributed by atoms with Crippen LogP contribution in [-0.2, 0) is 11.3 Å². The van der Waals surface area contributed by atoms with Crippen molar-refractivity contribution in [1.29, 1.82) is 0 Å². The van der Waals surface area contributed by atoms with Gasteiger partial charge >= 0.3 is 0 Å². The van der Waals surface area contributed by atoms with E-state index in [2.05, 4.69) is 15.2 Å². The van der Waals surface area contributed by atoms with Crippen LogP contribution in [0.2, 0.25) is 0 Å². The molecule has 1 saturated heterocycles. The van der Waals surface area contributed by atoms with Crippen LogP contribution in [0.1, 0.15) is 30.8 Å². The number of hydrogen-bond donors (Lipinski definition) is 0. The van der Waals surface area contributed by atoms with Crippen LogP contribution in [0.4, 0.5) is 4.39 Å². The van der Waals surface area contributed by atoms with E-state index in [1.54, 1.807) is 18.9 Å². The first-order valence-electron chi connectivity index (χ1n) is 8.33. The van der Waals surface area contributed by atoms with E-state index in [-0.39, 0.29) is 11.9 Å². The standard InChI is InChI=1S/C16H23FN6O2/c1-11-4-15(25-20-11)8-22-6-13(17)5-14(22)7-21(3)16(24)12(2)23-10-18-9-19-23/h4,9-10,12-14H,5-8H2,1-3H3/t12-,13-,14-/m0/s1. The minimum atomic E-state index is -0.898. The molecule has 25 heavy (non-hydrogen) atoms. The number of likely N-dealkylation sites (N-methyl/N-ethyl adjacent to an activating group) is 1. The summed E-state index contributed by atoms with van der Waals surface area (Å²) >= 11 is 0. The molecular formula is C16H23FN6O2. The highest BCUT2D eigenvalue weighted by atomic mass is 19.1. The Bertz CT molecular complexity index is 703. The van der Waals surface area contributed by atoms with Gasteiger partial charge in [-0.2, -0.15) is 5.10 Å². The van der Waals surface area contributed by atoms with Gasteiger partial charge in [-0.15, -0.1) is 0 Å². The minimum absolute atomic E-state index is 0.0581. The van der Waals surface area contributed by atoms with E-state index in [9.17, 15) is 9.18 Å². The Labute approximate surface area is 145 Å². The number of aryl methyl sites for hydroxylation is 1. The number of hydrogen-bond acceptors (Lipinski definition) is 6. The van der Waals surface area contributed by atoms with Gasteiger partial charge in [0.1, 0.15) is 24.9 Å². The molecule has 1 fully saturated rings. The van der Waals surface area contributed by atoms with Gasteiger partial charge in [0, 0.05) is 32.2 Å². The molecule has 0 aromatic carbocycles. The lowest BCUT2D eigenvalue weighted by Gasteiger charge is -2.29. The molecule has 8 nitrogen and oxygen atoms in total. The van der Waals surface area contributed by atoms with Gasteiger partial charge in [-0.3, -0.25) is 9.69 Å². The monoisotopic (exact) mass is 350 g/mol. The van der Waals surface area contributed by atoms with Crippen LogP contribution in [0.15, 0.2) is 23.2 Å². The van der Waals surface area contributed by atoms with E-state index in [1.807, 2.05) is 17.9 Å². The Morgan fingerprint density at radius 3 is 3.00 bits per heavy atom. The maximum Gasteiger partial charge on any atom is 0.247 e. The maximum absolute atomic E-state index is 14.0. The summed E-state index contributed by atoms with van der Waals surface area (Å²) in [6.07, 6.45) is 2.42. The number of alkyl halides is 1. The van der Waals surface area contributed by atoms with Gasteiger partial charge in [-0.25, -0.2) is 14.1 Å². The maximum atomic E-state index is 14.0. The summed E-state index contributed by atoms with van der Waals surface area (Å²) in [6, 6.07) is 1.35. The zero-order valence-electron chi connectivity index (χ0n) is 14.7. The lowest BCUT2D eigenvalue weighted by molar-refractivity contribution is -0.133. The Balaban J connectivity index is 1.62. The van der Waals surface area contributed by atoms with Crippen LogP contribution in [-0.4, -0.2) is 68.0 Å². The van der Waals surface area contributed by atoms with Crippen molar-refractivity contribution in [1.82, 2.24) is 29.7 Å². The number of aromatic nitrogens is 4. The molecule has 3 atom stereocenters. The van der Waals surface area contributed by atoms with Gasteiger partial charge < -0.3 is 9.42 Å². The Hall–Kier alpha value is -2.29. The van der Waals surface area contributed by atoms with Crippen LogP contribution in [0.25, 0.3) is 0 Å². The van der Waals surface area contributed by atoms with Crippen molar-refractivity contribution < 1.29 is 13.7 Å². The molecule has 136 valence electrons. The second-order valence-electron chi connectivity index (χ2n) is 6.62. The Morgan fingerprint density at radius 2 is 2.36 bits per heavy atom. The molecule has 1 amide bonds. The quantitative estimate of drug-likeness (QED) is 0.779. The summed E-state index contributed by atoms with van der Waals surface area (Å²) in [5, 5.41) is 7.87. The van der Waals surface area contributed by atoms with Gasteiger partial charge in [-0.05, 0) is 20.3 Å². The highest BCUT2D eigenvalue weighted by Crippen LogP contribution is 2.24. The molecule has 0 saturated carbocycles. The van der Waals surface area contributed by atoms with E-state index >= 15 is 0 Å². The summed E-state index contributed by atoms with van der Waals surface area (Å²) in [5.41, 5.74) is 0.802. The Kier molecular flexibility index (Phi) is 5.12. The van der Waals surface area contributed by atoms with Crippen LogP contribution in [0, 0.1) is 6.92 Å². The molecule has 0 aliphatic carbocycles. The largest absolute Gasteiger partial charge is 0.360 e. The average Bonchev–Trinajstić information content (AvgIpc) is 3.29. The molecule has 0 unspecified atom stereocenters. The summed E-state index contributed by atoms with van der Waals surface area (Å²) in [4.78, 5) is 20.1. The van der Waals surface area contributed by atoms with Crippen molar-refractivity contribution >= 4 is 5.91 Å². The first-order valence-corrected chi connectivity index (χ1v) is 8.33. The highest BCUT2D eigenvalue weighted by Gasteiger charge is 2.34. The number of nitrogens with zero attached hydrogens (tertiary/aromatic N) is 6. The lowest BCUT2D eigenvalue weighted by atomic mass is 10.2. The average molecular weight is 350 g/mol. The van der Waals surface area contributed by atoms with Gasteiger partial charge in [-0.1, -0.05) is 5.16 Å². The fourth-order valence-electron chi connectivity index (χ4n) is 3.25. The summed E-state index contributed by atoms with van der Waals surface area (Å²) in [7, 11) is 1.73. The third-order valence-corrected chi connectivity index (χ3v) is 4.56. The number of amides is 1. The zero-order chi connectivity index (χ0) is 18.0. The van der Waals surface area contributed by atoms with Gasteiger partial charge in [0.2, 0.25) is 5.91 Å². The minimum Gasteiger partial charge on any atom is -0.360 e. The zero-order valence-corrected chi connectivity index (χ0v) is 14.7. The number of likely N-dealkylation sites (tertiary alicyclic amines) is 1. The predicted molar refractivity (Wildman–Crippen MR) is 87.3 cm³/mol. The van der Waals surface area contributed by atoms with E-state index < -0.39 is 12.2 Å². The summed E-state index contributed by atoms with van der Waals surface area (Å²) in [5.74, 6) is 0.629. The Morgan fingerprint density at radius 1 is 1.56 bits per heavy atom. The molecule has 3 rings (SSSR count). The van der Waals surface area contributed by atoms with E-state index in [1.165, 1.54) is 17.3 Å². The number of carbonyl (C=O) groups excluding carboxylic acids is 1. The fourth-order valence-corrected chi connectivity index (χ4v) is 3.25. The first-order chi connectivity index (χ1) is 11.9. The van der Waals surface area contributed by atoms with Crippen LogP contribution in [0.3, 0.4) is 0 Å². The van der Waals surface area contributed by atoms with Crippen molar-refractivity contribution in [2.45, 2.75) is 45.1 Å². The fraction of sp³-hybridized carbons (Fsp3) is 0.625. The second-order valence-corrected chi connectivity index (χ2v) is 6.62. The number of halogens is 1. The molecule has 1 aliphatic heterocycles. The molecule has 1 aliphatic rings. The molecule has 0 radical (unpaired) electrons. The molecule has 2 aromatic rings. The van der Waals surface area contributed by atoms with E-state index in [4.69, 9.17) is 4.52 Å². The molecule has 3 heterocycles. The molecule has 0 N–H and O–H groups in total. The third kappa shape index (κ3) is 4.04. The topological polar surface area (TPSA) is 80.3 Å². The molecule has 9 heteroatoms. The lowest BCUT2D eigenvalue weighted by Crippen LogP contribution is -2.43. The summed E-state index contributed by atoms with van der Waals surface area (Å²) in [6.45, 7) is 4.91. The highest BCUT2D eigenvalue weighted by molar-refractivity contribution is 5.79. The van der Waals surface area contributed by atoms with Crippen molar-refractivity contribution in [3.05, 3.63) is 30.2 Å². The van der Waals surface area contributed by atoms with Gasteiger partial charge in [0.15, 0.2) is 5.76 Å². The van der Waals surface area contributed by atoms with E-state index in [0.717, 1.165) is 5.69 Å². The molecule has 2 aromatic heterocycles. The second kappa shape index (κ2) is 7.30. The molecule has 0 spiro atoms. The van der Waals surface area contributed by atoms with Crippen molar-refractivity contribution in [3.8, 4) is 0 Å². The number of rotatable bonds is 6. The SMILES string of the molecule is Cc1cc(CN2C[C@@H](F)C[C@H]2CN(C)C(=O)[C@H](C)n2cncn2)on1. The number of carbonyl (C=O) groups is 1.